The lowest BCUT2D eigenvalue weighted by Gasteiger charge is -2.30. The molecule has 0 heterocycles. The summed E-state index contributed by atoms with van der Waals surface area (Å²) in [5.74, 6) is -1.42. The third-order valence-corrected chi connectivity index (χ3v) is 5.56. The van der Waals surface area contributed by atoms with Crippen LogP contribution in [-0.2, 0) is 12.8 Å². The van der Waals surface area contributed by atoms with E-state index in [2.05, 4.69) is 12.1 Å². The third kappa shape index (κ3) is 3.56. The molecule has 3 aromatic carbocycles. The van der Waals surface area contributed by atoms with Gasteiger partial charge in [0.25, 0.3) is 0 Å². The summed E-state index contributed by atoms with van der Waals surface area (Å²) in [4.78, 5) is 11.5. The molecule has 2 atom stereocenters. The van der Waals surface area contributed by atoms with Gasteiger partial charge in [-0.1, -0.05) is 48.5 Å². The van der Waals surface area contributed by atoms with E-state index in [1.807, 2.05) is 30.3 Å². The van der Waals surface area contributed by atoms with Crippen molar-refractivity contribution in [1.29, 1.82) is 0 Å². The van der Waals surface area contributed by atoms with Gasteiger partial charge in [0.2, 0.25) is 0 Å². The lowest BCUT2D eigenvalue weighted by atomic mass is 9.77. The Bertz CT molecular complexity index is 1010. The molecule has 0 fully saturated rings. The van der Waals surface area contributed by atoms with Crippen molar-refractivity contribution < 1.29 is 19.4 Å². The van der Waals surface area contributed by atoms with Crippen LogP contribution in [0.1, 0.15) is 39.6 Å². The van der Waals surface area contributed by atoms with Crippen LogP contribution in [-0.4, -0.2) is 16.2 Å². The van der Waals surface area contributed by atoms with Crippen LogP contribution < -0.4 is 0 Å². The topological polar surface area (TPSA) is 57.5 Å². The quantitative estimate of drug-likeness (QED) is 0.671. The minimum absolute atomic E-state index is 0.0691. The summed E-state index contributed by atoms with van der Waals surface area (Å²) in [5.41, 5.74) is 4.16. The minimum Gasteiger partial charge on any atom is -0.478 e. The summed E-state index contributed by atoms with van der Waals surface area (Å²) >= 11 is 0. The van der Waals surface area contributed by atoms with Gasteiger partial charge < -0.3 is 10.2 Å². The van der Waals surface area contributed by atoms with Gasteiger partial charge in [-0.2, -0.15) is 0 Å². The number of benzene rings is 3. The Morgan fingerprint density at radius 1 is 1.04 bits per heavy atom. The Morgan fingerprint density at radius 3 is 2.57 bits per heavy atom. The van der Waals surface area contributed by atoms with Gasteiger partial charge in [-0.05, 0) is 71.2 Å². The molecule has 0 amide bonds. The van der Waals surface area contributed by atoms with Gasteiger partial charge in [-0.15, -0.1) is 0 Å². The number of carboxylic acid groups (broad SMARTS) is 1. The van der Waals surface area contributed by atoms with Gasteiger partial charge in [-0.25, -0.2) is 9.18 Å². The predicted octanol–water partition coefficient (Wildman–Crippen LogP) is 5.03. The lowest BCUT2D eigenvalue weighted by molar-refractivity contribution is 0.0697. The average molecular weight is 376 g/mol. The zero-order valence-corrected chi connectivity index (χ0v) is 15.3. The summed E-state index contributed by atoms with van der Waals surface area (Å²) in [6.45, 7) is 0. The Kier molecular flexibility index (Phi) is 4.97. The first-order valence-electron chi connectivity index (χ1n) is 9.41. The van der Waals surface area contributed by atoms with Gasteiger partial charge in [-0.3, -0.25) is 0 Å². The Morgan fingerprint density at radius 2 is 1.82 bits per heavy atom. The van der Waals surface area contributed by atoms with Crippen LogP contribution in [0.5, 0.6) is 0 Å². The Hall–Kier alpha value is -2.98. The summed E-state index contributed by atoms with van der Waals surface area (Å²) in [6.07, 6.45) is 1.90. The van der Waals surface area contributed by atoms with Gasteiger partial charge in [0.15, 0.2) is 0 Å². The number of aryl methyl sites for hydroxylation is 1. The van der Waals surface area contributed by atoms with Crippen LogP contribution in [0.2, 0.25) is 0 Å². The van der Waals surface area contributed by atoms with E-state index in [4.69, 9.17) is 0 Å². The predicted molar refractivity (Wildman–Crippen MR) is 106 cm³/mol. The van der Waals surface area contributed by atoms with Gasteiger partial charge in [0, 0.05) is 0 Å². The number of carboxylic acids is 1. The number of aliphatic hydroxyl groups is 1. The molecule has 0 aromatic heterocycles. The summed E-state index contributed by atoms with van der Waals surface area (Å²) < 4.78 is 13.7. The molecule has 0 radical (unpaired) electrons. The lowest BCUT2D eigenvalue weighted by Crippen LogP contribution is -2.22. The first-order valence-corrected chi connectivity index (χ1v) is 9.41. The van der Waals surface area contributed by atoms with Crippen LogP contribution in [0.15, 0.2) is 66.7 Å². The van der Waals surface area contributed by atoms with E-state index < -0.39 is 17.9 Å². The number of hydrogen-bond acceptors (Lipinski definition) is 2. The Labute approximate surface area is 163 Å². The zero-order chi connectivity index (χ0) is 19.7. The molecule has 4 heteroatoms. The maximum absolute atomic E-state index is 13.7. The number of hydrogen-bond donors (Lipinski definition) is 2. The van der Waals surface area contributed by atoms with Gasteiger partial charge in [0.1, 0.15) is 5.82 Å². The first-order chi connectivity index (χ1) is 13.5. The molecule has 3 nitrogen and oxygen atoms in total. The number of aliphatic hydroxyl groups excluding tert-OH is 1. The molecular weight excluding hydrogens is 355 g/mol. The molecule has 1 aliphatic rings. The van der Waals surface area contributed by atoms with Crippen LogP contribution in [0.4, 0.5) is 4.39 Å². The number of carbonyl (C=O) groups is 1. The van der Waals surface area contributed by atoms with Crippen molar-refractivity contribution in [1.82, 2.24) is 0 Å². The fourth-order valence-electron chi connectivity index (χ4n) is 4.10. The van der Waals surface area contributed by atoms with Crippen molar-refractivity contribution in [2.75, 3.05) is 0 Å². The van der Waals surface area contributed by atoms with Crippen molar-refractivity contribution in [2.45, 2.75) is 25.4 Å². The monoisotopic (exact) mass is 376 g/mol. The van der Waals surface area contributed by atoms with Gasteiger partial charge in [0.05, 0.1) is 11.7 Å². The maximum Gasteiger partial charge on any atom is 0.336 e. The largest absolute Gasteiger partial charge is 0.478 e. The van der Waals surface area contributed by atoms with E-state index in [0.29, 0.717) is 11.1 Å². The van der Waals surface area contributed by atoms with Crippen LogP contribution >= 0.6 is 0 Å². The molecule has 0 spiro atoms. The molecule has 0 saturated carbocycles. The van der Waals surface area contributed by atoms with Crippen molar-refractivity contribution in [3.63, 3.8) is 0 Å². The number of halogens is 1. The van der Waals surface area contributed by atoms with Crippen molar-refractivity contribution >= 4 is 5.97 Å². The molecule has 2 unspecified atom stereocenters. The number of fused-ring (bicyclic) bond motifs is 1. The van der Waals surface area contributed by atoms with Crippen LogP contribution in [0, 0.1) is 11.7 Å². The molecule has 4 rings (SSSR count). The van der Waals surface area contributed by atoms with E-state index >= 15 is 0 Å². The highest BCUT2D eigenvalue weighted by molar-refractivity contribution is 5.96. The third-order valence-electron chi connectivity index (χ3n) is 5.56. The summed E-state index contributed by atoms with van der Waals surface area (Å²) in [6, 6.07) is 19.3. The summed E-state index contributed by atoms with van der Waals surface area (Å²) in [5, 5.41) is 20.3. The molecule has 1 aliphatic carbocycles. The summed E-state index contributed by atoms with van der Waals surface area (Å²) in [7, 11) is 0. The normalized spacial score (nSPS) is 18.5. The van der Waals surface area contributed by atoms with Crippen molar-refractivity contribution in [3.8, 4) is 11.1 Å². The smallest absolute Gasteiger partial charge is 0.336 e. The number of aromatic carboxylic acids is 1. The molecular formula is C24H21FO3. The SMILES string of the molecule is O=C(O)c1ccc(F)cc1-c1ccc2c(c1)CCC(Cc1ccccc1)C2O. The van der Waals surface area contributed by atoms with Crippen LogP contribution in [0.3, 0.4) is 0 Å². The van der Waals surface area contributed by atoms with E-state index in [-0.39, 0.29) is 11.5 Å². The second kappa shape index (κ2) is 7.56. The highest BCUT2D eigenvalue weighted by Gasteiger charge is 2.28. The highest BCUT2D eigenvalue weighted by Crippen LogP contribution is 2.38. The zero-order valence-electron chi connectivity index (χ0n) is 15.3. The second-order valence-electron chi connectivity index (χ2n) is 7.34. The van der Waals surface area contributed by atoms with Crippen molar-refractivity contribution in [3.05, 3.63) is 94.8 Å². The van der Waals surface area contributed by atoms with Crippen LogP contribution in [0.25, 0.3) is 11.1 Å². The van der Waals surface area contributed by atoms with E-state index in [0.717, 1.165) is 36.5 Å². The molecule has 0 bridgehead atoms. The molecule has 0 saturated heterocycles. The molecule has 2 N–H and O–H groups in total. The molecule has 3 aromatic rings. The molecule has 142 valence electrons. The standard InChI is InChI=1S/C24H21FO3/c25-19-9-11-21(24(27)28)22(14-19)17-8-10-20-16(13-17)6-7-18(23(20)26)12-15-4-2-1-3-5-15/h1-5,8-11,13-14,18,23,26H,6-7,12H2,(H,27,28). The van der Waals surface area contributed by atoms with E-state index in [1.165, 1.54) is 17.7 Å². The average Bonchev–Trinajstić information content (AvgIpc) is 2.70. The highest BCUT2D eigenvalue weighted by atomic mass is 19.1. The fraction of sp³-hybridized carbons (Fsp3) is 0.208. The van der Waals surface area contributed by atoms with Gasteiger partial charge >= 0.3 is 5.97 Å². The fourth-order valence-corrected chi connectivity index (χ4v) is 4.10. The molecule has 28 heavy (non-hydrogen) atoms. The van der Waals surface area contributed by atoms with Crippen molar-refractivity contribution in [2.24, 2.45) is 5.92 Å². The van der Waals surface area contributed by atoms with E-state index in [1.54, 1.807) is 6.07 Å². The number of rotatable bonds is 4. The Balaban J connectivity index is 1.64. The van der Waals surface area contributed by atoms with E-state index in [9.17, 15) is 19.4 Å². The minimum atomic E-state index is -1.09. The molecule has 0 aliphatic heterocycles. The second-order valence-corrected chi connectivity index (χ2v) is 7.34. The first kappa shape index (κ1) is 18.4. The maximum atomic E-state index is 13.7.